The molecule has 0 aliphatic heterocycles. The zero-order valence-electron chi connectivity index (χ0n) is 13.3. The lowest BCUT2D eigenvalue weighted by Crippen LogP contribution is -2.16. The third-order valence-corrected chi connectivity index (χ3v) is 2.75. The first kappa shape index (κ1) is 17.8. The fourth-order valence-corrected chi connectivity index (χ4v) is 1.58. The summed E-state index contributed by atoms with van der Waals surface area (Å²) in [6.45, 7) is 6.52. The smallest absolute Gasteiger partial charge is 0.330 e. The Balaban J connectivity index is 2.30. The van der Waals surface area contributed by atoms with Crippen molar-refractivity contribution in [3.05, 3.63) is 35.9 Å². The molecule has 5 nitrogen and oxygen atoms in total. The van der Waals surface area contributed by atoms with E-state index in [9.17, 15) is 9.59 Å². The van der Waals surface area contributed by atoms with Gasteiger partial charge in [0.15, 0.2) is 0 Å². The lowest BCUT2D eigenvalue weighted by Gasteiger charge is -2.06. The summed E-state index contributed by atoms with van der Waals surface area (Å²) in [7, 11) is 0. The second-order valence-electron chi connectivity index (χ2n) is 4.98. The predicted molar refractivity (Wildman–Crippen MR) is 86.4 cm³/mol. The number of rotatable bonds is 8. The topological polar surface area (TPSA) is 64.6 Å². The first-order valence-corrected chi connectivity index (χ1v) is 7.38. The molecule has 1 N–H and O–H groups in total. The molecule has 1 aromatic rings. The van der Waals surface area contributed by atoms with E-state index in [4.69, 9.17) is 9.47 Å². The Morgan fingerprint density at radius 2 is 1.77 bits per heavy atom. The van der Waals surface area contributed by atoms with E-state index in [1.807, 2.05) is 31.2 Å². The van der Waals surface area contributed by atoms with E-state index in [1.54, 1.807) is 19.9 Å². The van der Waals surface area contributed by atoms with E-state index >= 15 is 0 Å². The van der Waals surface area contributed by atoms with Gasteiger partial charge in [0.2, 0.25) is 0 Å². The Labute approximate surface area is 131 Å². The Hall–Kier alpha value is -2.30. The van der Waals surface area contributed by atoms with E-state index in [-0.39, 0.29) is 25.1 Å². The van der Waals surface area contributed by atoms with Crippen LogP contribution in [-0.4, -0.2) is 31.7 Å². The van der Waals surface area contributed by atoms with E-state index in [0.29, 0.717) is 0 Å². The van der Waals surface area contributed by atoms with E-state index in [2.05, 4.69) is 5.32 Å². The number of benzene rings is 1. The molecule has 1 aromatic carbocycles. The second-order valence-corrected chi connectivity index (χ2v) is 4.98. The van der Waals surface area contributed by atoms with Crippen LogP contribution in [0, 0.1) is 5.92 Å². The van der Waals surface area contributed by atoms with Crippen molar-refractivity contribution in [3.63, 3.8) is 0 Å². The number of anilines is 1. The van der Waals surface area contributed by atoms with Gasteiger partial charge in [-0.1, -0.05) is 26.0 Å². The van der Waals surface area contributed by atoms with Crippen molar-refractivity contribution < 1.29 is 19.1 Å². The highest BCUT2D eigenvalue weighted by molar-refractivity contribution is 5.87. The summed E-state index contributed by atoms with van der Waals surface area (Å²) in [5, 5.41) is 3.19. The molecule has 0 saturated carbocycles. The normalized spacial score (nSPS) is 10.7. The highest BCUT2D eigenvalue weighted by Crippen LogP contribution is 2.10. The first-order chi connectivity index (χ1) is 10.5. The van der Waals surface area contributed by atoms with Gasteiger partial charge in [-0.15, -0.1) is 0 Å². The Bertz CT molecular complexity index is 506. The van der Waals surface area contributed by atoms with Crippen LogP contribution < -0.4 is 5.32 Å². The molecule has 0 heterocycles. The van der Waals surface area contributed by atoms with Gasteiger partial charge in [0.05, 0.1) is 5.92 Å². The maximum absolute atomic E-state index is 11.5. The molecule has 120 valence electrons. The van der Waals surface area contributed by atoms with Crippen LogP contribution in [-0.2, 0) is 19.1 Å². The molecule has 0 unspecified atom stereocenters. The van der Waals surface area contributed by atoms with Crippen molar-refractivity contribution in [3.8, 4) is 0 Å². The molecule has 0 bridgehead atoms. The van der Waals surface area contributed by atoms with Gasteiger partial charge in [-0.25, -0.2) is 4.79 Å². The fraction of sp³-hybridized carbons (Fsp3) is 0.412. The number of ether oxygens (including phenoxy) is 2. The molecule has 0 saturated heterocycles. The summed E-state index contributed by atoms with van der Waals surface area (Å²) < 4.78 is 9.85. The Morgan fingerprint density at radius 1 is 1.14 bits per heavy atom. The molecule has 22 heavy (non-hydrogen) atoms. The largest absolute Gasteiger partial charge is 0.462 e. The molecule has 0 aliphatic rings. The summed E-state index contributed by atoms with van der Waals surface area (Å²) in [6.07, 6.45) is 3.03. The standard InChI is InChI=1S/C17H23NO4/c1-4-18-15-8-5-14(6-9-15)7-10-16(19)21-11-12-22-17(20)13(2)3/h5-10,13,18H,4,11-12H2,1-3H3/b10-7+. The average Bonchev–Trinajstić information content (AvgIpc) is 2.50. The molecular formula is C17H23NO4. The molecule has 0 atom stereocenters. The molecule has 1 rings (SSSR count). The number of carbonyl (C=O) groups is 2. The summed E-state index contributed by atoms with van der Waals surface area (Å²) in [4.78, 5) is 22.7. The zero-order chi connectivity index (χ0) is 16.4. The fourth-order valence-electron chi connectivity index (χ4n) is 1.58. The number of esters is 2. The van der Waals surface area contributed by atoms with Crippen LogP contribution in [0.25, 0.3) is 6.08 Å². The van der Waals surface area contributed by atoms with Crippen molar-refractivity contribution in [1.29, 1.82) is 0 Å². The van der Waals surface area contributed by atoms with Crippen molar-refractivity contribution in [1.82, 2.24) is 0 Å². The third kappa shape index (κ3) is 6.92. The summed E-state index contributed by atoms with van der Waals surface area (Å²) in [6, 6.07) is 7.71. The molecule has 0 radical (unpaired) electrons. The maximum atomic E-state index is 11.5. The van der Waals surface area contributed by atoms with Gasteiger partial charge >= 0.3 is 11.9 Å². The van der Waals surface area contributed by atoms with Gasteiger partial charge < -0.3 is 14.8 Å². The number of carbonyl (C=O) groups excluding carboxylic acids is 2. The lowest BCUT2D eigenvalue weighted by molar-refractivity contribution is -0.152. The van der Waals surface area contributed by atoms with Crippen LogP contribution >= 0.6 is 0 Å². The van der Waals surface area contributed by atoms with E-state index in [1.165, 1.54) is 6.08 Å². The summed E-state index contributed by atoms with van der Waals surface area (Å²) >= 11 is 0. The molecule has 0 aliphatic carbocycles. The molecule has 0 amide bonds. The van der Waals surface area contributed by atoms with Gasteiger partial charge in [-0.05, 0) is 30.7 Å². The summed E-state index contributed by atoms with van der Waals surface area (Å²) in [5.41, 5.74) is 1.94. The van der Waals surface area contributed by atoms with Crippen LogP contribution in [0.2, 0.25) is 0 Å². The SMILES string of the molecule is CCNc1ccc(/C=C/C(=O)OCCOC(=O)C(C)C)cc1. The number of hydrogen-bond acceptors (Lipinski definition) is 5. The Kier molecular flexibility index (Phi) is 7.75. The molecular weight excluding hydrogens is 282 g/mol. The van der Waals surface area contributed by atoms with Crippen molar-refractivity contribution >= 4 is 23.7 Å². The molecule has 0 fully saturated rings. The van der Waals surface area contributed by atoms with Gasteiger partial charge in [0.25, 0.3) is 0 Å². The van der Waals surface area contributed by atoms with Gasteiger partial charge in [0, 0.05) is 18.3 Å². The second kappa shape index (κ2) is 9.60. The molecule has 5 heteroatoms. The van der Waals surface area contributed by atoms with Crippen LogP contribution in [0.5, 0.6) is 0 Å². The predicted octanol–water partition coefficient (Wildman–Crippen LogP) is 2.87. The zero-order valence-corrected chi connectivity index (χ0v) is 13.3. The maximum Gasteiger partial charge on any atom is 0.330 e. The molecule has 0 aromatic heterocycles. The van der Waals surface area contributed by atoms with Crippen molar-refractivity contribution in [2.45, 2.75) is 20.8 Å². The highest BCUT2D eigenvalue weighted by Gasteiger charge is 2.07. The minimum absolute atomic E-state index is 0.0565. The highest BCUT2D eigenvalue weighted by atomic mass is 16.6. The third-order valence-electron chi connectivity index (χ3n) is 2.75. The van der Waals surface area contributed by atoms with Crippen molar-refractivity contribution in [2.75, 3.05) is 25.1 Å². The van der Waals surface area contributed by atoms with Crippen LogP contribution in [0.3, 0.4) is 0 Å². The van der Waals surface area contributed by atoms with Gasteiger partial charge in [-0.2, -0.15) is 0 Å². The minimum Gasteiger partial charge on any atom is -0.462 e. The van der Waals surface area contributed by atoms with Crippen LogP contribution in [0.4, 0.5) is 5.69 Å². The molecule has 0 spiro atoms. The number of nitrogens with one attached hydrogen (secondary N) is 1. The van der Waals surface area contributed by atoms with E-state index in [0.717, 1.165) is 17.8 Å². The van der Waals surface area contributed by atoms with Gasteiger partial charge in [0.1, 0.15) is 13.2 Å². The minimum atomic E-state index is -0.462. The monoisotopic (exact) mass is 305 g/mol. The summed E-state index contributed by atoms with van der Waals surface area (Å²) in [5.74, 6) is -0.940. The first-order valence-electron chi connectivity index (χ1n) is 7.38. The number of hydrogen-bond donors (Lipinski definition) is 1. The van der Waals surface area contributed by atoms with E-state index < -0.39 is 5.97 Å². The van der Waals surface area contributed by atoms with Gasteiger partial charge in [-0.3, -0.25) is 4.79 Å². The Morgan fingerprint density at radius 3 is 2.36 bits per heavy atom. The van der Waals surface area contributed by atoms with Crippen LogP contribution in [0.1, 0.15) is 26.3 Å². The van der Waals surface area contributed by atoms with Crippen molar-refractivity contribution in [2.24, 2.45) is 5.92 Å². The van der Waals surface area contributed by atoms with Crippen LogP contribution in [0.15, 0.2) is 30.3 Å². The average molecular weight is 305 g/mol. The lowest BCUT2D eigenvalue weighted by atomic mass is 10.2. The quantitative estimate of drug-likeness (QED) is 0.454.